The molecule has 126 valence electrons. The van der Waals surface area contributed by atoms with Gasteiger partial charge in [0.05, 0.1) is 13.2 Å². The summed E-state index contributed by atoms with van der Waals surface area (Å²) in [5.41, 5.74) is 0. The zero-order valence-electron chi connectivity index (χ0n) is 14.6. The fraction of sp³-hybridized carbons (Fsp3) is 0.556. The van der Waals surface area contributed by atoms with Gasteiger partial charge in [0.1, 0.15) is 0 Å². The smallest absolute Gasteiger partial charge is 0.259 e. The Kier molecular flexibility index (Phi) is 13.4. The highest BCUT2D eigenvalue weighted by Gasteiger charge is 2.26. The van der Waals surface area contributed by atoms with Crippen LogP contribution < -0.4 is 0 Å². The quantitative estimate of drug-likeness (QED) is 0.249. The van der Waals surface area contributed by atoms with E-state index in [1.807, 2.05) is 12.2 Å². The van der Waals surface area contributed by atoms with Crippen LogP contribution in [0.15, 0.2) is 49.6 Å². The summed E-state index contributed by atoms with van der Waals surface area (Å²) in [6, 6.07) is 0.775. The molecule has 0 bridgehead atoms. The Balaban J connectivity index is 4.52. The minimum absolute atomic E-state index is 0.388. The molecule has 22 heavy (non-hydrogen) atoms. The van der Waals surface area contributed by atoms with Gasteiger partial charge in [-0.15, -0.1) is 0 Å². The fourth-order valence-corrected chi connectivity index (χ4v) is 3.55. The summed E-state index contributed by atoms with van der Waals surface area (Å²) in [5, 5.41) is 0. The molecule has 0 atom stereocenters. The third-order valence-corrected chi connectivity index (χ3v) is 4.87. The van der Waals surface area contributed by atoms with Gasteiger partial charge in [-0.05, 0) is 40.5 Å². The lowest BCUT2D eigenvalue weighted by atomic mass is 10.3. The summed E-state index contributed by atoms with van der Waals surface area (Å²) in [5.74, 6) is 0. The predicted molar refractivity (Wildman–Crippen MR) is 98.8 cm³/mol. The molecule has 0 spiro atoms. The third kappa shape index (κ3) is 10.1. The number of allylic oxidation sites excluding steroid dienone is 4. The van der Waals surface area contributed by atoms with Crippen molar-refractivity contribution in [3.63, 3.8) is 0 Å². The van der Waals surface area contributed by atoms with E-state index in [4.69, 9.17) is 9.05 Å². The standard InChI is InChI=1S/C18H32NO2P/c1-7-9-11-13-15-20-22(19(17(3)4)18(5)6)21-16-14-12-10-8-2/h7-12,17-18H,1-2,13-16H2,3-6H3. The van der Waals surface area contributed by atoms with Crippen LogP contribution in [0, 0.1) is 0 Å². The minimum Gasteiger partial charge on any atom is -0.322 e. The second kappa shape index (κ2) is 13.9. The highest BCUT2D eigenvalue weighted by atomic mass is 31.2. The van der Waals surface area contributed by atoms with Crippen molar-refractivity contribution in [3.05, 3.63) is 49.6 Å². The van der Waals surface area contributed by atoms with Gasteiger partial charge in [-0.1, -0.05) is 49.6 Å². The average Bonchev–Trinajstić information content (AvgIpc) is 2.45. The molecule has 0 aromatic rings. The summed E-state index contributed by atoms with van der Waals surface area (Å²) < 4.78 is 14.3. The first-order valence-electron chi connectivity index (χ1n) is 7.93. The fourth-order valence-electron chi connectivity index (χ4n) is 1.93. The molecule has 4 heteroatoms. The van der Waals surface area contributed by atoms with E-state index in [1.54, 1.807) is 12.2 Å². The van der Waals surface area contributed by atoms with Crippen molar-refractivity contribution in [1.29, 1.82) is 0 Å². The number of rotatable bonds is 13. The molecule has 0 aromatic heterocycles. The molecule has 0 rings (SSSR count). The van der Waals surface area contributed by atoms with Crippen molar-refractivity contribution in [2.24, 2.45) is 0 Å². The van der Waals surface area contributed by atoms with Crippen LogP contribution in [0.25, 0.3) is 0 Å². The third-order valence-electron chi connectivity index (χ3n) is 2.76. The van der Waals surface area contributed by atoms with Gasteiger partial charge < -0.3 is 9.05 Å². The van der Waals surface area contributed by atoms with E-state index in [2.05, 4.69) is 57.7 Å². The largest absolute Gasteiger partial charge is 0.322 e. The van der Waals surface area contributed by atoms with Crippen LogP contribution in [0.1, 0.15) is 40.5 Å². The Morgan fingerprint density at radius 1 is 0.864 bits per heavy atom. The van der Waals surface area contributed by atoms with Crippen LogP contribution in [0.5, 0.6) is 0 Å². The van der Waals surface area contributed by atoms with Crippen LogP contribution in [0.4, 0.5) is 0 Å². The van der Waals surface area contributed by atoms with E-state index in [1.165, 1.54) is 0 Å². The Morgan fingerprint density at radius 3 is 1.59 bits per heavy atom. The highest BCUT2D eigenvalue weighted by molar-refractivity contribution is 7.44. The maximum atomic E-state index is 6.02. The molecule has 3 nitrogen and oxygen atoms in total. The number of hydrogen-bond donors (Lipinski definition) is 0. The van der Waals surface area contributed by atoms with Gasteiger partial charge in [-0.3, -0.25) is 0 Å². The van der Waals surface area contributed by atoms with Crippen molar-refractivity contribution >= 4 is 8.53 Å². The zero-order valence-corrected chi connectivity index (χ0v) is 15.5. The molecule has 0 fully saturated rings. The van der Waals surface area contributed by atoms with Gasteiger partial charge in [-0.25, -0.2) is 4.67 Å². The summed E-state index contributed by atoms with van der Waals surface area (Å²) in [4.78, 5) is 0. The molecule has 0 aliphatic heterocycles. The topological polar surface area (TPSA) is 21.7 Å². The molecular weight excluding hydrogens is 293 g/mol. The Hall–Kier alpha value is -0.730. The molecule has 0 heterocycles. The first-order chi connectivity index (χ1) is 10.5. The van der Waals surface area contributed by atoms with Crippen molar-refractivity contribution in [2.45, 2.75) is 52.6 Å². The first-order valence-corrected chi connectivity index (χ1v) is 9.06. The van der Waals surface area contributed by atoms with E-state index in [-0.39, 0.29) is 0 Å². The normalized spacial score (nSPS) is 13.8. The number of hydrogen-bond acceptors (Lipinski definition) is 3. The molecule has 0 unspecified atom stereocenters. The van der Waals surface area contributed by atoms with E-state index in [0.29, 0.717) is 25.3 Å². The van der Waals surface area contributed by atoms with Gasteiger partial charge >= 0.3 is 0 Å². The van der Waals surface area contributed by atoms with Crippen LogP contribution in [-0.2, 0) is 9.05 Å². The molecule has 0 saturated heterocycles. The molecule has 0 aromatic carbocycles. The molecule has 0 amide bonds. The summed E-state index contributed by atoms with van der Waals surface area (Å²) in [7, 11) is -1.03. The van der Waals surface area contributed by atoms with E-state index in [0.717, 1.165) is 12.8 Å². The SMILES string of the molecule is C=CC=CCCOP(OCCC=CC=C)N(C(C)C)C(C)C. The monoisotopic (exact) mass is 325 g/mol. The summed E-state index contributed by atoms with van der Waals surface area (Å²) in [6.07, 6.45) is 13.3. The van der Waals surface area contributed by atoms with Gasteiger partial charge in [-0.2, -0.15) is 0 Å². The van der Waals surface area contributed by atoms with Gasteiger partial charge in [0.25, 0.3) is 8.53 Å². The molecular formula is C18H32NO2P. The zero-order chi connectivity index (χ0) is 16.8. The lowest BCUT2D eigenvalue weighted by molar-refractivity contribution is 0.178. The molecule has 0 N–H and O–H groups in total. The molecule has 0 aliphatic carbocycles. The van der Waals surface area contributed by atoms with Crippen molar-refractivity contribution in [3.8, 4) is 0 Å². The Bertz CT molecular complexity index is 319. The van der Waals surface area contributed by atoms with Crippen LogP contribution in [0.2, 0.25) is 0 Å². The maximum absolute atomic E-state index is 6.02. The Morgan fingerprint density at radius 2 is 1.27 bits per heavy atom. The Labute approximate surface area is 138 Å². The first kappa shape index (κ1) is 21.3. The molecule has 0 aliphatic rings. The van der Waals surface area contributed by atoms with E-state index < -0.39 is 8.53 Å². The second-order valence-electron chi connectivity index (χ2n) is 5.38. The average molecular weight is 325 g/mol. The van der Waals surface area contributed by atoms with Gasteiger partial charge in [0.2, 0.25) is 0 Å². The van der Waals surface area contributed by atoms with Crippen LogP contribution >= 0.6 is 8.53 Å². The lowest BCUT2D eigenvalue weighted by Crippen LogP contribution is -2.33. The molecule has 0 radical (unpaired) electrons. The van der Waals surface area contributed by atoms with Gasteiger partial charge in [0.15, 0.2) is 0 Å². The lowest BCUT2D eigenvalue weighted by Gasteiger charge is -2.35. The minimum atomic E-state index is -1.03. The van der Waals surface area contributed by atoms with Crippen LogP contribution in [0.3, 0.4) is 0 Å². The number of nitrogens with zero attached hydrogens (tertiary/aromatic N) is 1. The van der Waals surface area contributed by atoms with Crippen molar-refractivity contribution in [1.82, 2.24) is 4.67 Å². The highest BCUT2D eigenvalue weighted by Crippen LogP contribution is 2.46. The van der Waals surface area contributed by atoms with Gasteiger partial charge in [0, 0.05) is 12.1 Å². The molecule has 0 saturated carbocycles. The van der Waals surface area contributed by atoms with Crippen molar-refractivity contribution < 1.29 is 9.05 Å². The summed E-state index contributed by atoms with van der Waals surface area (Å²) in [6.45, 7) is 17.4. The van der Waals surface area contributed by atoms with E-state index >= 15 is 0 Å². The summed E-state index contributed by atoms with van der Waals surface area (Å²) >= 11 is 0. The second-order valence-corrected chi connectivity index (χ2v) is 6.83. The predicted octanol–water partition coefficient (Wildman–Crippen LogP) is 5.63. The van der Waals surface area contributed by atoms with Crippen LogP contribution in [-0.4, -0.2) is 30.0 Å². The maximum Gasteiger partial charge on any atom is 0.259 e. The van der Waals surface area contributed by atoms with Crippen molar-refractivity contribution in [2.75, 3.05) is 13.2 Å². The van der Waals surface area contributed by atoms with E-state index in [9.17, 15) is 0 Å².